The number of aromatic amines is 1. The van der Waals surface area contributed by atoms with E-state index in [2.05, 4.69) is 4.98 Å². The van der Waals surface area contributed by atoms with Crippen LogP contribution >= 0.6 is 0 Å². The Hall–Kier alpha value is -3.22. The number of rotatable bonds is 4. The Morgan fingerprint density at radius 2 is 1.93 bits per heavy atom. The minimum atomic E-state index is -0.207. The Balaban J connectivity index is 1.52. The lowest BCUT2D eigenvalue weighted by atomic mass is 10.1. The first-order chi connectivity index (χ1) is 13.7. The van der Waals surface area contributed by atoms with Crippen molar-refractivity contribution in [2.45, 2.75) is 38.3 Å². The summed E-state index contributed by atoms with van der Waals surface area (Å²) in [6.45, 7) is 0.416. The number of pyridine rings is 1. The highest BCUT2D eigenvalue weighted by molar-refractivity contribution is 5.91. The molecule has 0 radical (unpaired) electrons. The number of nitrogens with one attached hydrogen (secondary N) is 1. The van der Waals surface area contributed by atoms with E-state index in [1.54, 1.807) is 23.1 Å². The van der Waals surface area contributed by atoms with Crippen molar-refractivity contribution in [1.29, 1.82) is 0 Å². The number of benzene rings is 1. The van der Waals surface area contributed by atoms with Gasteiger partial charge in [-0.3, -0.25) is 9.59 Å². The number of hydrogen-bond donors (Lipinski definition) is 1. The van der Waals surface area contributed by atoms with Gasteiger partial charge in [0.15, 0.2) is 17.3 Å². The molecule has 1 aromatic carbocycles. The van der Waals surface area contributed by atoms with E-state index < -0.39 is 0 Å². The maximum Gasteiger partial charge on any atom is 0.290 e. The summed E-state index contributed by atoms with van der Waals surface area (Å²) in [7, 11) is 0. The molecule has 3 aromatic rings. The summed E-state index contributed by atoms with van der Waals surface area (Å²) in [5.74, 6) is 1.40. The van der Waals surface area contributed by atoms with Crippen LogP contribution < -0.4 is 15.0 Å². The summed E-state index contributed by atoms with van der Waals surface area (Å²) in [5, 5.41) is 0.843. The number of furan rings is 1. The Morgan fingerprint density at radius 3 is 2.68 bits per heavy atom. The third-order valence-corrected chi connectivity index (χ3v) is 5.51. The second-order valence-corrected chi connectivity index (χ2v) is 7.27. The van der Waals surface area contributed by atoms with Crippen LogP contribution in [-0.4, -0.2) is 28.6 Å². The summed E-state index contributed by atoms with van der Waals surface area (Å²) < 4.78 is 16.1. The molecule has 2 aliphatic rings. The molecule has 1 saturated carbocycles. The largest absolute Gasteiger partial charge is 0.459 e. The maximum atomic E-state index is 13.0. The van der Waals surface area contributed by atoms with Gasteiger partial charge in [-0.2, -0.15) is 0 Å². The van der Waals surface area contributed by atoms with E-state index in [0.717, 1.165) is 31.1 Å². The van der Waals surface area contributed by atoms with Crippen LogP contribution in [0.1, 0.15) is 41.8 Å². The van der Waals surface area contributed by atoms with Gasteiger partial charge in [0.25, 0.3) is 11.5 Å². The van der Waals surface area contributed by atoms with Crippen LogP contribution in [0.25, 0.3) is 10.9 Å². The number of hydrogen-bond acceptors (Lipinski definition) is 5. The second kappa shape index (κ2) is 6.74. The molecule has 0 saturated heterocycles. The van der Waals surface area contributed by atoms with Crippen molar-refractivity contribution in [3.63, 3.8) is 0 Å². The zero-order valence-electron chi connectivity index (χ0n) is 15.3. The molecular formula is C21H20N2O5. The third-order valence-electron chi connectivity index (χ3n) is 5.51. The van der Waals surface area contributed by atoms with Crippen LogP contribution in [-0.2, 0) is 6.54 Å². The summed E-state index contributed by atoms with van der Waals surface area (Å²) >= 11 is 0. The lowest BCUT2D eigenvalue weighted by Crippen LogP contribution is -2.39. The lowest BCUT2D eigenvalue weighted by molar-refractivity contribution is 0.0631. The summed E-state index contributed by atoms with van der Waals surface area (Å²) in [4.78, 5) is 30.4. The average Bonchev–Trinajstić information content (AvgIpc) is 3.46. The SMILES string of the molecule is O=C(c1ccco1)N(Cc1cc2cc3c(cc2[nH]c1=O)OCO3)C1CCCC1. The Bertz CT molecular complexity index is 1080. The molecule has 28 heavy (non-hydrogen) atoms. The van der Waals surface area contributed by atoms with Gasteiger partial charge in [0.2, 0.25) is 6.79 Å². The van der Waals surface area contributed by atoms with E-state index in [1.165, 1.54) is 6.26 Å². The molecule has 1 aliphatic heterocycles. The molecule has 144 valence electrons. The number of fused-ring (bicyclic) bond motifs is 2. The predicted octanol–water partition coefficient (Wildman–Crippen LogP) is 3.43. The molecule has 0 bridgehead atoms. The zero-order valence-corrected chi connectivity index (χ0v) is 15.3. The number of amides is 1. The van der Waals surface area contributed by atoms with Crippen molar-refractivity contribution >= 4 is 16.8 Å². The molecular weight excluding hydrogens is 360 g/mol. The molecule has 5 rings (SSSR count). The fourth-order valence-corrected chi connectivity index (χ4v) is 4.07. The number of nitrogens with zero attached hydrogens (tertiary/aromatic N) is 1. The van der Waals surface area contributed by atoms with Crippen LogP contribution in [0.5, 0.6) is 11.5 Å². The van der Waals surface area contributed by atoms with Crippen molar-refractivity contribution in [2.75, 3.05) is 6.79 Å². The first-order valence-electron chi connectivity index (χ1n) is 9.49. The topological polar surface area (TPSA) is 84.8 Å². The number of carbonyl (C=O) groups excluding carboxylic acids is 1. The minimum absolute atomic E-state index is 0.115. The van der Waals surface area contributed by atoms with E-state index in [4.69, 9.17) is 13.9 Å². The van der Waals surface area contributed by atoms with Crippen LogP contribution in [0.2, 0.25) is 0 Å². The molecule has 7 heteroatoms. The van der Waals surface area contributed by atoms with Gasteiger partial charge in [-0.25, -0.2) is 0 Å². The first-order valence-corrected chi connectivity index (χ1v) is 9.49. The van der Waals surface area contributed by atoms with Gasteiger partial charge in [0.05, 0.1) is 18.3 Å². The van der Waals surface area contributed by atoms with E-state index in [9.17, 15) is 9.59 Å². The van der Waals surface area contributed by atoms with Crippen molar-refractivity contribution < 1.29 is 18.7 Å². The Labute approximate surface area is 160 Å². The zero-order chi connectivity index (χ0) is 19.1. The molecule has 0 unspecified atom stereocenters. The van der Waals surface area contributed by atoms with Crippen LogP contribution in [0, 0.1) is 0 Å². The van der Waals surface area contributed by atoms with E-state index in [-0.39, 0.29) is 30.8 Å². The van der Waals surface area contributed by atoms with Gasteiger partial charge in [-0.05, 0) is 37.1 Å². The van der Waals surface area contributed by atoms with Gasteiger partial charge >= 0.3 is 0 Å². The van der Waals surface area contributed by atoms with Crippen LogP contribution in [0.15, 0.2) is 45.8 Å². The molecule has 0 atom stereocenters. The van der Waals surface area contributed by atoms with E-state index in [1.807, 2.05) is 12.1 Å². The van der Waals surface area contributed by atoms with Crippen molar-refractivity contribution in [3.05, 3.63) is 58.3 Å². The van der Waals surface area contributed by atoms with Gasteiger partial charge in [0, 0.05) is 23.1 Å². The highest BCUT2D eigenvalue weighted by Gasteiger charge is 2.29. The quantitative estimate of drug-likeness (QED) is 0.750. The van der Waals surface area contributed by atoms with Crippen LogP contribution in [0.4, 0.5) is 0 Å². The monoisotopic (exact) mass is 380 g/mol. The molecule has 2 aromatic heterocycles. The number of aromatic nitrogens is 1. The predicted molar refractivity (Wildman–Crippen MR) is 102 cm³/mol. The average molecular weight is 380 g/mol. The standard InChI is InChI=1S/C21H20N2O5/c24-20-14(8-13-9-18-19(28-12-27-18)10-16(13)22-20)11-23(15-4-1-2-5-15)21(25)17-6-3-7-26-17/h3,6-10,15H,1-2,4-5,11-12H2,(H,22,24). The molecule has 3 heterocycles. The first kappa shape index (κ1) is 16.9. The van der Waals surface area contributed by atoms with Crippen molar-refractivity contribution in [1.82, 2.24) is 9.88 Å². The fraction of sp³-hybridized carbons (Fsp3) is 0.333. The van der Waals surface area contributed by atoms with Crippen molar-refractivity contribution in [2.24, 2.45) is 0 Å². The smallest absolute Gasteiger partial charge is 0.290 e. The summed E-state index contributed by atoms with van der Waals surface area (Å²) in [5.41, 5.74) is 1.02. The van der Waals surface area contributed by atoms with E-state index in [0.29, 0.717) is 28.3 Å². The molecule has 7 nitrogen and oxygen atoms in total. The number of ether oxygens (including phenoxy) is 2. The number of carbonyl (C=O) groups is 1. The highest BCUT2D eigenvalue weighted by atomic mass is 16.7. The van der Waals surface area contributed by atoms with E-state index >= 15 is 0 Å². The normalized spacial score (nSPS) is 16.0. The maximum absolute atomic E-state index is 13.0. The van der Waals surface area contributed by atoms with Gasteiger partial charge < -0.3 is 23.8 Å². The summed E-state index contributed by atoms with van der Waals surface area (Å²) in [6, 6.07) is 8.93. The van der Waals surface area contributed by atoms with Crippen molar-refractivity contribution in [3.8, 4) is 11.5 Å². The number of H-pyrrole nitrogens is 1. The Kier molecular flexibility index (Phi) is 4.07. The lowest BCUT2D eigenvalue weighted by Gasteiger charge is -2.28. The summed E-state index contributed by atoms with van der Waals surface area (Å²) in [6.07, 6.45) is 5.55. The van der Waals surface area contributed by atoms with Gasteiger partial charge in [0.1, 0.15) is 0 Å². The van der Waals surface area contributed by atoms with Gasteiger partial charge in [-0.15, -0.1) is 0 Å². The highest BCUT2D eigenvalue weighted by Crippen LogP contribution is 2.35. The van der Waals surface area contributed by atoms with Gasteiger partial charge in [-0.1, -0.05) is 12.8 Å². The third kappa shape index (κ3) is 2.93. The molecule has 1 N–H and O–H groups in total. The van der Waals surface area contributed by atoms with Crippen LogP contribution in [0.3, 0.4) is 0 Å². The molecule has 1 fully saturated rings. The Morgan fingerprint density at radius 1 is 1.14 bits per heavy atom. The second-order valence-electron chi connectivity index (χ2n) is 7.27. The molecule has 0 spiro atoms. The molecule has 1 aliphatic carbocycles. The molecule has 1 amide bonds. The fourth-order valence-electron chi connectivity index (χ4n) is 4.07. The minimum Gasteiger partial charge on any atom is -0.459 e.